The molecule has 166 valence electrons. The van der Waals surface area contributed by atoms with E-state index in [-0.39, 0.29) is 12.1 Å². The van der Waals surface area contributed by atoms with Crippen LogP contribution in [0.5, 0.6) is 0 Å². The summed E-state index contributed by atoms with van der Waals surface area (Å²) < 4.78 is 2.25. The third-order valence-electron chi connectivity index (χ3n) is 6.11. The van der Waals surface area contributed by atoms with E-state index in [1.54, 1.807) is 0 Å². The number of nitrogens with one attached hydrogen (secondary N) is 1. The van der Waals surface area contributed by atoms with Crippen LogP contribution >= 0.6 is 12.2 Å². The van der Waals surface area contributed by atoms with Crippen molar-refractivity contribution < 1.29 is 0 Å². The van der Waals surface area contributed by atoms with Crippen LogP contribution in [-0.2, 0) is 0 Å². The number of anilines is 2. The van der Waals surface area contributed by atoms with Gasteiger partial charge in [-0.05, 0) is 85.4 Å². The second-order valence-electron chi connectivity index (χ2n) is 8.55. The number of nitrogens with zero attached hydrogens (tertiary/aromatic N) is 4. The van der Waals surface area contributed by atoms with Gasteiger partial charge in [-0.2, -0.15) is 0 Å². The Balaban J connectivity index is 1.64. The Morgan fingerprint density at radius 2 is 1.73 bits per heavy atom. The summed E-state index contributed by atoms with van der Waals surface area (Å²) in [6, 6.07) is 27.3. The number of rotatable bonds is 5. The second kappa shape index (κ2) is 8.71. The zero-order valence-electron chi connectivity index (χ0n) is 19.0. The van der Waals surface area contributed by atoms with Gasteiger partial charge in [0.2, 0.25) is 0 Å². The number of pyridine rings is 1. The number of hydrogen-bond donors (Lipinski definition) is 1. The Kier molecular flexibility index (Phi) is 5.60. The molecule has 5 rings (SSSR count). The van der Waals surface area contributed by atoms with Crippen molar-refractivity contribution in [1.29, 1.82) is 0 Å². The lowest BCUT2D eigenvalue weighted by Gasteiger charge is -2.29. The van der Waals surface area contributed by atoms with E-state index < -0.39 is 0 Å². The first-order valence-corrected chi connectivity index (χ1v) is 11.5. The van der Waals surface area contributed by atoms with E-state index in [9.17, 15) is 0 Å². The normalized spacial score (nSPS) is 17.8. The van der Waals surface area contributed by atoms with Crippen LogP contribution in [0.2, 0.25) is 0 Å². The predicted molar refractivity (Wildman–Crippen MR) is 139 cm³/mol. The van der Waals surface area contributed by atoms with Crippen molar-refractivity contribution in [3.8, 4) is 5.69 Å². The van der Waals surface area contributed by atoms with Gasteiger partial charge in [-0.25, -0.2) is 0 Å². The van der Waals surface area contributed by atoms with Crippen LogP contribution in [0.15, 0.2) is 91.3 Å². The van der Waals surface area contributed by atoms with Crippen LogP contribution in [0.4, 0.5) is 11.4 Å². The minimum Gasteiger partial charge on any atom is -0.378 e. The maximum absolute atomic E-state index is 5.87. The van der Waals surface area contributed by atoms with Crippen LogP contribution in [-0.4, -0.2) is 28.8 Å². The highest BCUT2D eigenvalue weighted by atomic mass is 32.1. The molecule has 1 aliphatic heterocycles. The first kappa shape index (κ1) is 21.2. The van der Waals surface area contributed by atoms with Crippen molar-refractivity contribution in [2.75, 3.05) is 23.9 Å². The van der Waals surface area contributed by atoms with E-state index in [4.69, 9.17) is 12.2 Å². The van der Waals surface area contributed by atoms with Crippen molar-refractivity contribution in [1.82, 2.24) is 14.9 Å². The van der Waals surface area contributed by atoms with Gasteiger partial charge in [-0.1, -0.05) is 18.2 Å². The molecular formula is C27H27N5S. The van der Waals surface area contributed by atoms with E-state index >= 15 is 0 Å². The molecule has 0 saturated carbocycles. The maximum atomic E-state index is 5.87. The van der Waals surface area contributed by atoms with Crippen molar-refractivity contribution >= 4 is 28.7 Å². The highest BCUT2D eigenvalue weighted by Crippen LogP contribution is 2.42. The molecule has 0 aliphatic carbocycles. The Hall–Kier alpha value is -3.64. The van der Waals surface area contributed by atoms with Crippen LogP contribution in [0.25, 0.3) is 5.69 Å². The summed E-state index contributed by atoms with van der Waals surface area (Å²) in [6.45, 7) is 2.11. The molecule has 4 aromatic rings. The average molecular weight is 454 g/mol. The zero-order chi connectivity index (χ0) is 22.9. The van der Waals surface area contributed by atoms with Gasteiger partial charge in [0.05, 0.1) is 11.7 Å². The van der Waals surface area contributed by atoms with Gasteiger partial charge < -0.3 is 19.7 Å². The molecule has 1 N–H and O–H groups in total. The number of hydrogen-bond acceptors (Lipinski definition) is 3. The fourth-order valence-electron chi connectivity index (χ4n) is 4.49. The minimum absolute atomic E-state index is 0.0577. The number of aryl methyl sites for hydroxylation is 1. The standard InChI is InChI=1S/C27H27N5S/c1-19-8-6-9-22(18-19)32-26(25(29-27(32)33)23-10-4-5-16-28-23)24-11-7-17-31(24)21-14-12-20(13-15-21)30(2)3/h4-18,25-26H,1-3H3,(H,29,33)/t25-,26-/m0/s1. The van der Waals surface area contributed by atoms with Gasteiger partial charge in [-0.15, -0.1) is 0 Å². The number of aromatic nitrogens is 2. The van der Waals surface area contributed by atoms with Crippen LogP contribution in [0.1, 0.15) is 29.0 Å². The molecule has 1 saturated heterocycles. The lowest BCUT2D eigenvalue weighted by molar-refractivity contribution is 0.549. The van der Waals surface area contributed by atoms with Gasteiger partial charge in [0, 0.05) is 49.2 Å². The molecule has 6 heteroatoms. The zero-order valence-corrected chi connectivity index (χ0v) is 19.8. The van der Waals surface area contributed by atoms with Crippen LogP contribution in [0, 0.1) is 6.92 Å². The highest BCUT2D eigenvalue weighted by Gasteiger charge is 2.42. The van der Waals surface area contributed by atoms with Crippen molar-refractivity contribution in [3.05, 3.63) is 108 Å². The maximum Gasteiger partial charge on any atom is 0.174 e. The number of thiocarbonyl (C=S) groups is 1. The molecule has 1 aliphatic rings. The van der Waals surface area contributed by atoms with Gasteiger partial charge in [0.25, 0.3) is 0 Å². The Morgan fingerprint density at radius 1 is 0.909 bits per heavy atom. The smallest absolute Gasteiger partial charge is 0.174 e. The largest absolute Gasteiger partial charge is 0.378 e. The van der Waals surface area contributed by atoms with Crippen molar-refractivity contribution in [3.63, 3.8) is 0 Å². The topological polar surface area (TPSA) is 36.3 Å². The number of benzene rings is 2. The Bertz CT molecular complexity index is 1260. The fourth-order valence-corrected chi connectivity index (χ4v) is 4.84. The molecule has 2 aromatic heterocycles. The molecule has 5 nitrogen and oxygen atoms in total. The van der Waals surface area contributed by atoms with E-state index in [1.165, 1.54) is 11.3 Å². The lowest BCUT2D eigenvalue weighted by Crippen LogP contribution is -2.30. The molecular weight excluding hydrogens is 426 g/mol. The van der Waals surface area contributed by atoms with Gasteiger partial charge >= 0.3 is 0 Å². The van der Waals surface area contributed by atoms with E-state index in [2.05, 4.69) is 119 Å². The molecule has 0 unspecified atom stereocenters. The van der Waals surface area contributed by atoms with Gasteiger partial charge in [0.1, 0.15) is 6.04 Å². The second-order valence-corrected chi connectivity index (χ2v) is 8.94. The molecule has 1 fully saturated rings. The summed E-state index contributed by atoms with van der Waals surface area (Å²) in [5, 5.41) is 4.26. The molecule has 0 radical (unpaired) electrons. The monoisotopic (exact) mass is 453 g/mol. The van der Waals surface area contributed by atoms with Crippen molar-refractivity contribution in [2.24, 2.45) is 0 Å². The summed E-state index contributed by atoms with van der Waals surface area (Å²) in [7, 11) is 4.11. The first-order valence-electron chi connectivity index (χ1n) is 11.1. The SMILES string of the molecule is Cc1cccc(N2C(=S)N[C@@H](c3ccccn3)[C@@H]2c2cccn2-c2ccc(N(C)C)cc2)c1. The highest BCUT2D eigenvalue weighted by molar-refractivity contribution is 7.80. The Morgan fingerprint density at radius 3 is 2.42 bits per heavy atom. The predicted octanol–water partition coefficient (Wildman–Crippen LogP) is 5.42. The quantitative estimate of drug-likeness (QED) is 0.408. The summed E-state index contributed by atoms with van der Waals surface area (Å²) >= 11 is 5.87. The molecule has 3 heterocycles. The molecule has 0 bridgehead atoms. The van der Waals surface area contributed by atoms with E-state index in [0.29, 0.717) is 5.11 Å². The summed E-state index contributed by atoms with van der Waals surface area (Å²) in [4.78, 5) is 9.00. The first-order chi connectivity index (χ1) is 16.0. The molecule has 0 spiro atoms. The van der Waals surface area contributed by atoms with E-state index in [1.807, 2.05) is 18.3 Å². The van der Waals surface area contributed by atoms with Crippen molar-refractivity contribution in [2.45, 2.75) is 19.0 Å². The average Bonchev–Trinajstić information content (AvgIpc) is 3.44. The molecule has 0 amide bonds. The third kappa shape index (κ3) is 3.98. The van der Waals surface area contributed by atoms with Gasteiger partial charge in [-0.3, -0.25) is 4.98 Å². The van der Waals surface area contributed by atoms with Gasteiger partial charge in [0.15, 0.2) is 5.11 Å². The summed E-state index contributed by atoms with van der Waals surface area (Å²) in [6.07, 6.45) is 3.96. The Labute approximate surface area is 200 Å². The molecule has 2 atom stereocenters. The summed E-state index contributed by atoms with van der Waals surface area (Å²) in [5.74, 6) is 0. The summed E-state index contributed by atoms with van der Waals surface area (Å²) in [5.41, 5.74) is 6.68. The van der Waals surface area contributed by atoms with Crippen LogP contribution in [0.3, 0.4) is 0 Å². The fraction of sp³-hybridized carbons (Fsp3) is 0.185. The van der Waals surface area contributed by atoms with Crippen LogP contribution < -0.4 is 15.1 Å². The lowest BCUT2D eigenvalue weighted by atomic mass is 10.0. The molecule has 33 heavy (non-hydrogen) atoms. The molecule has 2 aromatic carbocycles. The minimum atomic E-state index is -0.0751. The third-order valence-corrected chi connectivity index (χ3v) is 6.42. The van der Waals surface area contributed by atoms with E-state index in [0.717, 1.165) is 22.8 Å².